The van der Waals surface area contributed by atoms with Crippen LogP contribution in [0.2, 0.25) is 0 Å². The van der Waals surface area contributed by atoms with Crippen LogP contribution in [-0.2, 0) is 4.79 Å². The Morgan fingerprint density at radius 2 is 2.10 bits per heavy atom. The zero-order chi connectivity index (χ0) is 15.1. The molecule has 0 unspecified atom stereocenters. The molecule has 2 aliphatic rings. The first-order valence-electron chi connectivity index (χ1n) is 6.18. The van der Waals surface area contributed by atoms with Gasteiger partial charge in [0, 0.05) is 0 Å². The van der Waals surface area contributed by atoms with E-state index in [-0.39, 0.29) is 22.6 Å². The third-order valence-corrected chi connectivity index (χ3v) is 4.63. The molecular formula is C14H10N4O2S. The van der Waals surface area contributed by atoms with Gasteiger partial charge in [-0.25, -0.2) is 0 Å². The van der Waals surface area contributed by atoms with E-state index in [1.165, 1.54) is 22.9 Å². The van der Waals surface area contributed by atoms with Crippen LogP contribution in [0.15, 0.2) is 44.8 Å². The number of nitrogens with two attached hydrogens (primary N) is 1. The topological polar surface area (TPSA) is 107 Å². The molecule has 7 heteroatoms. The fourth-order valence-corrected chi connectivity index (χ4v) is 3.60. The Hall–Kier alpha value is -2.64. The molecule has 1 saturated heterocycles. The Morgan fingerprint density at radius 3 is 2.67 bits per heavy atom. The normalized spacial score (nSPS) is 24.9. The van der Waals surface area contributed by atoms with Gasteiger partial charge in [0.1, 0.15) is 11.6 Å². The van der Waals surface area contributed by atoms with Gasteiger partial charge in [-0.15, -0.1) is 0 Å². The van der Waals surface area contributed by atoms with E-state index in [0.717, 1.165) is 0 Å². The maximum atomic E-state index is 12.2. The Kier molecular flexibility index (Phi) is 3.00. The maximum Gasteiger partial charge on any atom is 0.246 e. The predicted molar refractivity (Wildman–Crippen MR) is 74.8 cm³/mol. The summed E-state index contributed by atoms with van der Waals surface area (Å²) in [5.74, 6) is -0.335. The molecule has 0 radical (unpaired) electrons. The van der Waals surface area contributed by atoms with E-state index >= 15 is 0 Å². The van der Waals surface area contributed by atoms with Crippen molar-refractivity contribution in [1.29, 1.82) is 10.5 Å². The first kappa shape index (κ1) is 13.3. The third-order valence-electron chi connectivity index (χ3n) is 3.45. The van der Waals surface area contributed by atoms with Gasteiger partial charge in [-0.2, -0.15) is 10.5 Å². The van der Waals surface area contributed by atoms with E-state index in [0.29, 0.717) is 16.4 Å². The number of carbonyl (C=O) groups excluding carboxylic acids is 1. The molecule has 0 saturated carbocycles. The van der Waals surface area contributed by atoms with E-state index in [1.807, 2.05) is 6.07 Å². The fourth-order valence-electron chi connectivity index (χ4n) is 2.47. The zero-order valence-corrected chi connectivity index (χ0v) is 11.8. The van der Waals surface area contributed by atoms with Crippen molar-refractivity contribution in [3.05, 3.63) is 46.2 Å². The Balaban J connectivity index is 2.26. The zero-order valence-electron chi connectivity index (χ0n) is 11.0. The molecule has 2 aliphatic heterocycles. The molecule has 0 aromatic carbocycles. The summed E-state index contributed by atoms with van der Waals surface area (Å²) in [5, 5.41) is 19.1. The molecule has 2 N–H and O–H groups in total. The quantitative estimate of drug-likeness (QED) is 0.846. The van der Waals surface area contributed by atoms with Crippen molar-refractivity contribution in [3.8, 4) is 12.1 Å². The van der Waals surface area contributed by atoms with E-state index < -0.39 is 5.92 Å². The van der Waals surface area contributed by atoms with Crippen molar-refractivity contribution >= 4 is 17.7 Å². The van der Waals surface area contributed by atoms with Crippen molar-refractivity contribution in [2.45, 2.75) is 18.1 Å². The van der Waals surface area contributed by atoms with Gasteiger partial charge in [-0.1, -0.05) is 11.8 Å². The summed E-state index contributed by atoms with van der Waals surface area (Å²) in [5.41, 5.74) is 6.48. The molecule has 3 rings (SSSR count). The summed E-state index contributed by atoms with van der Waals surface area (Å²) in [6.07, 6.45) is 1.47. The second-order valence-corrected chi connectivity index (χ2v) is 5.95. The lowest BCUT2D eigenvalue weighted by Crippen LogP contribution is -2.36. The van der Waals surface area contributed by atoms with E-state index in [4.69, 9.17) is 10.2 Å². The van der Waals surface area contributed by atoms with Crippen molar-refractivity contribution in [2.24, 2.45) is 5.73 Å². The number of nitriles is 2. The number of thioether (sulfide) groups is 1. The SMILES string of the molecule is C[C@@H]1SC2=C(C#N)[C@H](c3ccco3)C(C#N)=C(N)N2C1=O. The summed E-state index contributed by atoms with van der Waals surface area (Å²) in [6.45, 7) is 1.74. The number of amides is 1. The number of rotatable bonds is 1. The number of fused-ring (bicyclic) bond motifs is 1. The van der Waals surface area contributed by atoms with Crippen molar-refractivity contribution in [1.82, 2.24) is 4.90 Å². The third kappa shape index (κ3) is 1.75. The van der Waals surface area contributed by atoms with E-state index in [2.05, 4.69) is 6.07 Å². The number of nitrogens with zero attached hydrogens (tertiary/aromatic N) is 3. The van der Waals surface area contributed by atoms with Gasteiger partial charge in [0.15, 0.2) is 0 Å². The van der Waals surface area contributed by atoms with Crippen molar-refractivity contribution in [3.63, 3.8) is 0 Å². The van der Waals surface area contributed by atoms with Crippen LogP contribution in [0.1, 0.15) is 18.6 Å². The average molecular weight is 298 g/mol. The van der Waals surface area contributed by atoms with Crippen LogP contribution < -0.4 is 5.73 Å². The molecular weight excluding hydrogens is 288 g/mol. The molecule has 6 nitrogen and oxygen atoms in total. The largest absolute Gasteiger partial charge is 0.468 e. The van der Waals surface area contributed by atoms with E-state index in [9.17, 15) is 15.3 Å². The van der Waals surface area contributed by atoms with Gasteiger partial charge >= 0.3 is 0 Å². The molecule has 0 spiro atoms. The highest BCUT2D eigenvalue weighted by Gasteiger charge is 2.45. The van der Waals surface area contributed by atoms with Gasteiger partial charge in [-0.3, -0.25) is 9.69 Å². The number of hydrogen-bond acceptors (Lipinski definition) is 6. The second kappa shape index (κ2) is 4.72. The minimum Gasteiger partial charge on any atom is -0.468 e. The van der Waals surface area contributed by atoms with Crippen LogP contribution in [-0.4, -0.2) is 16.1 Å². The van der Waals surface area contributed by atoms with Crippen molar-refractivity contribution in [2.75, 3.05) is 0 Å². The summed E-state index contributed by atoms with van der Waals surface area (Å²) in [6, 6.07) is 7.49. The number of furan rings is 1. The average Bonchev–Trinajstić information content (AvgIpc) is 3.08. The Bertz CT molecular complexity index is 764. The summed E-state index contributed by atoms with van der Waals surface area (Å²) < 4.78 is 5.35. The molecule has 2 atom stereocenters. The molecule has 0 bridgehead atoms. The molecule has 104 valence electrons. The lowest BCUT2D eigenvalue weighted by molar-refractivity contribution is -0.125. The van der Waals surface area contributed by atoms with Crippen LogP contribution in [0.3, 0.4) is 0 Å². The summed E-state index contributed by atoms with van der Waals surface area (Å²) in [7, 11) is 0. The molecule has 1 aromatic heterocycles. The molecule has 21 heavy (non-hydrogen) atoms. The fraction of sp³-hybridized carbons (Fsp3) is 0.214. The highest BCUT2D eigenvalue weighted by molar-refractivity contribution is 8.04. The highest BCUT2D eigenvalue weighted by atomic mass is 32.2. The molecule has 1 fully saturated rings. The molecule has 1 aromatic rings. The van der Waals surface area contributed by atoms with Gasteiger partial charge < -0.3 is 10.2 Å². The number of allylic oxidation sites excluding steroid dienone is 2. The minimum atomic E-state index is -0.660. The van der Waals surface area contributed by atoms with E-state index in [1.54, 1.807) is 19.1 Å². The standard InChI is InChI=1S/C14H10N4O2S/c1-7-13(19)18-12(17)8(5-15)11(10-3-2-4-20-10)9(6-16)14(18)21-7/h2-4,7,11H,17H2,1H3/t7-,11+/m0/s1. The van der Waals surface area contributed by atoms with Gasteiger partial charge in [0.2, 0.25) is 5.91 Å². The lowest BCUT2D eigenvalue weighted by atomic mass is 9.87. The second-order valence-electron chi connectivity index (χ2n) is 4.62. The number of carbonyl (C=O) groups is 1. The van der Waals surface area contributed by atoms with Crippen molar-refractivity contribution < 1.29 is 9.21 Å². The Morgan fingerprint density at radius 1 is 1.38 bits per heavy atom. The monoisotopic (exact) mass is 298 g/mol. The molecule has 3 heterocycles. The highest BCUT2D eigenvalue weighted by Crippen LogP contribution is 2.48. The predicted octanol–water partition coefficient (Wildman–Crippen LogP) is 1.77. The van der Waals surface area contributed by atoms with Crippen LogP contribution in [0.5, 0.6) is 0 Å². The summed E-state index contributed by atoms with van der Waals surface area (Å²) in [4.78, 5) is 13.5. The minimum absolute atomic E-state index is 0.0785. The number of hydrogen-bond donors (Lipinski definition) is 1. The van der Waals surface area contributed by atoms with Crippen LogP contribution in [0, 0.1) is 22.7 Å². The molecule has 0 aliphatic carbocycles. The lowest BCUT2D eigenvalue weighted by Gasteiger charge is -2.28. The van der Waals surface area contributed by atoms with Gasteiger partial charge in [0.25, 0.3) is 0 Å². The molecule has 1 amide bonds. The van der Waals surface area contributed by atoms with Gasteiger partial charge in [-0.05, 0) is 19.1 Å². The van der Waals surface area contributed by atoms with Gasteiger partial charge in [0.05, 0.1) is 45.7 Å². The van der Waals surface area contributed by atoms with Crippen LogP contribution in [0.4, 0.5) is 0 Å². The maximum absolute atomic E-state index is 12.2. The first-order valence-corrected chi connectivity index (χ1v) is 7.06. The first-order chi connectivity index (χ1) is 10.1. The smallest absolute Gasteiger partial charge is 0.246 e. The van der Waals surface area contributed by atoms with Crippen LogP contribution in [0.25, 0.3) is 0 Å². The summed E-state index contributed by atoms with van der Waals surface area (Å²) >= 11 is 1.28. The van der Waals surface area contributed by atoms with Crippen LogP contribution >= 0.6 is 11.8 Å². The Labute approximate surface area is 125 Å².